The van der Waals surface area contributed by atoms with Crippen molar-refractivity contribution in [1.29, 1.82) is 0 Å². The first-order valence-corrected chi connectivity index (χ1v) is 11.3. The van der Waals surface area contributed by atoms with Crippen LogP contribution in [0.2, 0.25) is 0 Å². The minimum absolute atomic E-state index is 0.200. The lowest BCUT2D eigenvalue weighted by Gasteiger charge is -2.22. The van der Waals surface area contributed by atoms with Gasteiger partial charge in [-0.2, -0.15) is 0 Å². The third kappa shape index (κ3) is 7.24. The summed E-state index contributed by atoms with van der Waals surface area (Å²) in [6.45, 7) is -0.788. The minimum atomic E-state index is -3.26. The van der Waals surface area contributed by atoms with Crippen LogP contribution in [0.25, 0.3) is 11.1 Å². The van der Waals surface area contributed by atoms with E-state index in [-0.39, 0.29) is 6.54 Å². The Bertz CT molecular complexity index is 922. The normalized spacial score (nSPS) is 13.9. The van der Waals surface area contributed by atoms with Crippen LogP contribution in [0.1, 0.15) is 17.2 Å². The second-order valence-corrected chi connectivity index (χ2v) is 9.36. The number of amides is 1. The van der Waals surface area contributed by atoms with Crippen LogP contribution < -0.4 is 10.0 Å². The van der Waals surface area contributed by atoms with E-state index in [2.05, 4.69) is 10.0 Å². The highest BCUT2D eigenvalue weighted by Crippen LogP contribution is 2.24. The van der Waals surface area contributed by atoms with Crippen LogP contribution in [0.5, 0.6) is 0 Å². The molecule has 2 rings (SSSR count). The molecule has 0 aliphatic heterocycles. The zero-order chi connectivity index (χ0) is 21.6. The van der Waals surface area contributed by atoms with Gasteiger partial charge >= 0.3 is 0 Å². The summed E-state index contributed by atoms with van der Waals surface area (Å²) < 4.78 is 38.0. The summed E-state index contributed by atoms with van der Waals surface area (Å²) in [4.78, 5) is 10.2. The third-order valence-electron chi connectivity index (χ3n) is 4.15. The number of rotatable bonds is 9. The molecule has 2 unspecified atom stereocenters. The van der Waals surface area contributed by atoms with Gasteiger partial charge < -0.3 is 10.4 Å². The molecule has 0 heterocycles. The van der Waals surface area contributed by atoms with Gasteiger partial charge in [-0.05, 0) is 22.3 Å². The van der Waals surface area contributed by atoms with Crippen LogP contribution in [0.4, 0.5) is 4.39 Å². The summed E-state index contributed by atoms with van der Waals surface area (Å²) in [5.74, 6) is -0.780. The van der Waals surface area contributed by atoms with E-state index in [1.807, 2.05) is 12.1 Å². The van der Waals surface area contributed by atoms with Gasteiger partial charge in [0.1, 0.15) is 12.8 Å². The molecule has 0 spiro atoms. The van der Waals surface area contributed by atoms with Crippen molar-refractivity contribution >= 4 is 39.1 Å². The van der Waals surface area contributed by atoms with E-state index in [0.29, 0.717) is 5.56 Å². The van der Waals surface area contributed by atoms with Crippen molar-refractivity contribution in [2.45, 2.75) is 23.5 Å². The Kier molecular flexibility index (Phi) is 8.42. The highest BCUT2D eigenvalue weighted by molar-refractivity contribution is 7.88. The number of benzene rings is 2. The second-order valence-electron chi connectivity index (χ2n) is 6.43. The van der Waals surface area contributed by atoms with Crippen molar-refractivity contribution in [2.24, 2.45) is 0 Å². The number of carbonyl (C=O) groups is 1. The monoisotopic (exact) mass is 462 g/mol. The first kappa shape index (κ1) is 23.6. The van der Waals surface area contributed by atoms with E-state index in [1.165, 1.54) is 0 Å². The van der Waals surface area contributed by atoms with E-state index in [1.54, 1.807) is 36.4 Å². The number of nitrogens with one attached hydrogen (secondary N) is 2. The van der Waals surface area contributed by atoms with Crippen LogP contribution in [0.15, 0.2) is 48.5 Å². The highest BCUT2D eigenvalue weighted by Gasteiger charge is 2.25. The summed E-state index contributed by atoms with van der Waals surface area (Å²) >= 11 is 10.9. The average molecular weight is 463 g/mol. The van der Waals surface area contributed by atoms with Crippen LogP contribution in [-0.2, 0) is 21.4 Å². The van der Waals surface area contributed by atoms with Crippen LogP contribution >= 0.6 is 23.2 Å². The van der Waals surface area contributed by atoms with Crippen molar-refractivity contribution in [3.05, 3.63) is 59.7 Å². The Morgan fingerprint density at radius 3 is 2.03 bits per heavy atom. The zero-order valence-electron chi connectivity index (χ0n) is 15.5. The zero-order valence-corrected chi connectivity index (χ0v) is 17.8. The number of aliphatic hydroxyl groups is 1. The summed E-state index contributed by atoms with van der Waals surface area (Å²) in [6.07, 6.45) is -0.172. The molecule has 1 amide bonds. The Morgan fingerprint density at radius 1 is 1.07 bits per heavy atom. The number of hydrogen-bond donors (Lipinski definition) is 3. The maximum Gasteiger partial charge on any atom is 0.253 e. The van der Waals surface area contributed by atoms with Gasteiger partial charge in [-0.1, -0.05) is 71.7 Å². The third-order valence-corrected chi connectivity index (χ3v) is 5.22. The molecule has 0 aromatic heterocycles. The Hall–Kier alpha value is -1.71. The summed E-state index contributed by atoms with van der Waals surface area (Å²) in [5.41, 5.74) is 2.97. The quantitative estimate of drug-likeness (QED) is 0.499. The molecule has 0 aliphatic carbocycles. The van der Waals surface area contributed by atoms with Gasteiger partial charge in [-0.3, -0.25) is 4.79 Å². The van der Waals surface area contributed by atoms with E-state index < -0.39 is 39.6 Å². The molecule has 2 atom stereocenters. The van der Waals surface area contributed by atoms with E-state index in [0.717, 1.165) is 22.9 Å². The highest BCUT2D eigenvalue weighted by atomic mass is 35.5. The van der Waals surface area contributed by atoms with E-state index in [9.17, 15) is 22.7 Å². The number of halogens is 3. The molecular weight excluding hydrogens is 442 g/mol. The SMILES string of the molecule is CS(=O)(=O)NCc1ccc(-c2ccc(C(O)C(CF)NC(=O)C(Cl)Cl)cc2)cc1. The standard InChI is InChI=1S/C19H21Cl2FN2O4S/c1-29(27,28)23-11-12-2-4-13(5-3-12)14-6-8-15(9-7-14)17(25)16(10-22)24-19(26)18(20)21/h2-9,16-18,23,25H,10-11H2,1H3,(H,24,26). The van der Waals surface area contributed by atoms with E-state index in [4.69, 9.17) is 23.2 Å². The Labute approximate surface area is 179 Å². The van der Waals surface area contributed by atoms with Crippen molar-refractivity contribution in [3.63, 3.8) is 0 Å². The number of sulfonamides is 1. The summed E-state index contributed by atoms with van der Waals surface area (Å²) in [5, 5.41) is 12.6. The average Bonchev–Trinajstić information content (AvgIpc) is 2.69. The van der Waals surface area contributed by atoms with Crippen molar-refractivity contribution in [2.75, 3.05) is 12.9 Å². The number of hydrogen-bond acceptors (Lipinski definition) is 4. The fourth-order valence-corrected chi connectivity index (χ4v) is 3.14. The lowest BCUT2D eigenvalue weighted by Crippen LogP contribution is -2.43. The molecule has 3 N–H and O–H groups in total. The predicted octanol–water partition coefficient (Wildman–Crippen LogP) is 2.69. The molecule has 158 valence electrons. The van der Waals surface area contributed by atoms with Gasteiger partial charge in [0.15, 0.2) is 4.84 Å². The number of aliphatic hydroxyl groups excluding tert-OH is 1. The molecule has 0 radical (unpaired) electrons. The molecule has 0 aliphatic rings. The molecule has 0 saturated carbocycles. The second kappa shape index (κ2) is 10.4. The first-order valence-electron chi connectivity index (χ1n) is 8.57. The molecule has 0 saturated heterocycles. The van der Waals surface area contributed by atoms with Crippen molar-refractivity contribution in [3.8, 4) is 11.1 Å². The summed E-state index contributed by atoms with van der Waals surface area (Å²) in [6, 6.07) is 12.9. The topological polar surface area (TPSA) is 95.5 Å². The summed E-state index contributed by atoms with van der Waals surface area (Å²) in [7, 11) is -3.26. The van der Waals surface area contributed by atoms with Gasteiger partial charge in [-0.25, -0.2) is 17.5 Å². The lowest BCUT2D eigenvalue weighted by atomic mass is 9.98. The van der Waals surface area contributed by atoms with Gasteiger partial charge in [0.25, 0.3) is 5.91 Å². The maximum atomic E-state index is 13.2. The fraction of sp³-hybridized carbons (Fsp3) is 0.316. The molecule has 2 aromatic carbocycles. The Balaban J connectivity index is 2.08. The van der Waals surface area contributed by atoms with Gasteiger partial charge in [0.05, 0.1) is 12.3 Å². The fourth-order valence-electron chi connectivity index (χ4n) is 2.58. The number of carbonyl (C=O) groups excluding carboxylic acids is 1. The molecular formula is C19H21Cl2FN2O4S. The smallest absolute Gasteiger partial charge is 0.253 e. The maximum absolute atomic E-state index is 13.2. The van der Waals surface area contributed by atoms with Gasteiger partial charge in [0.2, 0.25) is 10.0 Å². The number of alkyl halides is 3. The largest absolute Gasteiger partial charge is 0.386 e. The van der Waals surface area contributed by atoms with Crippen LogP contribution in [0, 0.1) is 0 Å². The van der Waals surface area contributed by atoms with Crippen molar-refractivity contribution < 1.29 is 22.7 Å². The predicted molar refractivity (Wildman–Crippen MR) is 112 cm³/mol. The molecule has 29 heavy (non-hydrogen) atoms. The van der Waals surface area contributed by atoms with E-state index >= 15 is 0 Å². The molecule has 10 heteroatoms. The molecule has 0 bridgehead atoms. The molecule has 0 fully saturated rings. The lowest BCUT2D eigenvalue weighted by molar-refractivity contribution is -0.121. The first-order chi connectivity index (χ1) is 13.6. The Morgan fingerprint density at radius 2 is 1.59 bits per heavy atom. The minimum Gasteiger partial charge on any atom is -0.386 e. The molecule has 6 nitrogen and oxygen atoms in total. The van der Waals surface area contributed by atoms with Crippen LogP contribution in [0.3, 0.4) is 0 Å². The van der Waals surface area contributed by atoms with Gasteiger partial charge in [0, 0.05) is 6.54 Å². The van der Waals surface area contributed by atoms with Gasteiger partial charge in [-0.15, -0.1) is 0 Å². The van der Waals surface area contributed by atoms with Crippen LogP contribution in [-0.4, -0.2) is 43.2 Å². The van der Waals surface area contributed by atoms with Crippen molar-refractivity contribution in [1.82, 2.24) is 10.0 Å². The molecule has 2 aromatic rings.